The molecule has 2 aromatic heterocycles. The molecule has 2 heterocycles. The molecule has 5 heteroatoms. The van der Waals surface area contributed by atoms with Crippen molar-refractivity contribution in [2.45, 2.75) is 26.8 Å². The molecule has 21 heavy (non-hydrogen) atoms. The minimum absolute atomic E-state index is 0.508. The van der Waals surface area contributed by atoms with Gasteiger partial charge in [-0.3, -0.25) is 4.98 Å². The number of anilines is 2. The third-order valence-corrected chi connectivity index (χ3v) is 3.10. The lowest BCUT2D eigenvalue weighted by Crippen LogP contribution is -2.23. The molecule has 0 amide bonds. The van der Waals surface area contributed by atoms with E-state index >= 15 is 0 Å². The summed E-state index contributed by atoms with van der Waals surface area (Å²) in [6, 6.07) is 9.67. The third kappa shape index (κ3) is 4.08. The van der Waals surface area contributed by atoms with Gasteiger partial charge in [-0.2, -0.15) is 4.98 Å². The van der Waals surface area contributed by atoms with Crippen molar-refractivity contribution in [1.82, 2.24) is 9.97 Å². The molecule has 0 aliphatic rings. The standard InChI is InChI=1S/C16H22N4O/c1-3-11-21-16-14(17)8-9-15(19-16)20(4-2)12-13-7-5-6-10-18-13/h5-10H,3-4,11-12,17H2,1-2H3. The number of nitrogen functional groups attached to an aromatic ring is 1. The molecule has 0 aromatic carbocycles. The van der Waals surface area contributed by atoms with E-state index in [9.17, 15) is 0 Å². The van der Waals surface area contributed by atoms with Crippen molar-refractivity contribution in [2.75, 3.05) is 23.8 Å². The van der Waals surface area contributed by atoms with E-state index in [2.05, 4.69) is 28.7 Å². The van der Waals surface area contributed by atoms with Gasteiger partial charge in [-0.15, -0.1) is 0 Å². The molecular formula is C16H22N4O. The minimum Gasteiger partial charge on any atom is -0.476 e. The SMILES string of the molecule is CCCOc1nc(N(CC)Cc2ccccn2)ccc1N. The van der Waals surface area contributed by atoms with E-state index in [-0.39, 0.29) is 0 Å². The van der Waals surface area contributed by atoms with E-state index in [0.717, 1.165) is 24.5 Å². The summed E-state index contributed by atoms with van der Waals surface area (Å²) in [6.45, 7) is 6.31. The van der Waals surface area contributed by atoms with Gasteiger partial charge in [-0.25, -0.2) is 0 Å². The fourth-order valence-electron chi connectivity index (χ4n) is 1.97. The Kier molecular flexibility index (Phi) is 5.37. The van der Waals surface area contributed by atoms with Crippen LogP contribution >= 0.6 is 0 Å². The second-order valence-electron chi connectivity index (χ2n) is 4.75. The number of nitrogens with two attached hydrogens (primary N) is 1. The smallest absolute Gasteiger partial charge is 0.239 e. The summed E-state index contributed by atoms with van der Waals surface area (Å²) in [6.07, 6.45) is 2.73. The van der Waals surface area contributed by atoms with Crippen LogP contribution < -0.4 is 15.4 Å². The number of ether oxygens (including phenoxy) is 1. The summed E-state index contributed by atoms with van der Waals surface area (Å²) in [5, 5.41) is 0. The molecule has 0 radical (unpaired) electrons. The second-order valence-corrected chi connectivity index (χ2v) is 4.75. The molecule has 0 unspecified atom stereocenters. The molecule has 112 valence electrons. The number of aromatic nitrogens is 2. The molecule has 0 fully saturated rings. The van der Waals surface area contributed by atoms with Gasteiger partial charge in [-0.05, 0) is 37.6 Å². The average Bonchev–Trinajstić information content (AvgIpc) is 2.53. The largest absolute Gasteiger partial charge is 0.476 e. The maximum Gasteiger partial charge on any atom is 0.239 e. The lowest BCUT2D eigenvalue weighted by molar-refractivity contribution is 0.307. The van der Waals surface area contributed by atoms with Crippen LogP contribution in [0, 0.1) is 0 Å². The first-order valence-corrected chi connectivity index (χ1v) is 7.28. The zero-order chi connectivity index (χ0) is 15.1. The van der Waals surface area contributed by atoms with Gasteiger partial charge >= 0.3 is 0 Å². The summed E-state index contributed by atoms with van der Waals surface area (Å²) in [5.74, 6) is 1.36. The number of rotatable bonds is 7. The van der Waals surface area contributed by atoms with Crippen molar-refractivity contribution in [3.63, 3.8) is 0 Å². The molecule has 0 bridgehead atoms. The van der Waals surface area contributed by atoms with Crippen LogP contribution in [-0.4, -0.2) is 23.1 Å². The van der Waals surface area contributed by atoms with Gasteiger partial charge in [0, 0.05) is 12.7 Å². The first kappa shape index (κ1) is 15.1. The summed E-state index contributed by atoms with van der Waals surface area (Å²) in [7, 11) is 0. The predicted octanol–water partition coefficient (Wildman–Crippen LogP) is 2.87. The van der Waals surface area contributed by atoms with Crippen LogP contribution in [-0.2, 0) is 6.54 Å². The summed E-state index contributed by atoms with van der Waals surface area (Å²) in [4.78, 5) is 11.0. The minimum atomic E-state index is 0.508. The van der Waals surface area contributed by atoms with Crippen molar-refractivity contribution in [1.29, 1.82) is 0 Å². The van der Waals surface area contributed by atoms with Crippen LogP contribution in [0.15, 0.2) is 36.5 Å². The Labute approximate surface area is 125 Å². The molecule has 0 aliphatic heterocycles. The summed E-state index contributed by atoms with van der Waals surface area (Å²) < 4.78 is 5.59. The van der Waals surface area contributed by atoms with Crippen LogP contribution in [0.4, 0.5) is 11.5 Å². The lowest BCUT2D eigenvalue weighted by Gasteiger charge is -2.22. The Morgan fingerprint density at radius 1 is 1.19 bits per heavy atom. The van der Waals surface area contributed by atoms with E-state index in [0.29, 0.717) is 24.7 Å². The predicted molar refractivity (Wildman–Crippen MR) is 85.4 cm³/mol. The van der Waals surface area contributed by atoms with Gasteiger partial charge in [0.05, 0.1) is 24.5 Å². The van der Waals surface area contributed by atoms with Gasteiger partial charge in [0.1, 0.15) is 5.82 Å². The Morgan fingerprint density at radius 3 is 2.71 bits per heavy atom. The average molecular weight is 286 g/mol. The molecule has 2 aromatic rings. The Bertz CT molecular complexity index is 559. The molecule has 0 saturated heterocycles. The number of pyridine rings is 2. The number of nitrogens with zero attached hydrogens (tertiary/aromatic N) is 3. The van der Waals surface area contributed by atoms with Crippen LogP contribution in [0.2, 0.25) is 0 Å². The molecule has 0 atom stereocenters. The Hall–Kier alpha value is -2.30. The monoisotopic (exact) mass is 286 g/mol. The maximum atomic E-state index is 5.91. The zero-order valence-electron chi connectivity index (χ0n) is 12.6. The molecule has 0 spiro atoms. The second kappa shape index (κ2) is 7.47. The van der Waals surface area contributed by atoms with Crippen molar-refractivity contribution in [3.05, 3.63) is 42.2 Å². The van der Waals surface area contributed by atoms with Gasteiger partial charge in [-0.1, -0.05) is 13.0 Å². The van der Waals surface area contributed by atoms with Gasteiger partial charge < -0.3 is 15.4 Å². The van der Waals surface area contributed by atoms with E-state index in [4.69, 9.17) is 10.5 Å². The van der Waals surface area contributed by atoms with Crippen molar-refractivity contribution < 1.29 is 4.74 Å². The van der Waals surface area contributed by atoms with E-state index in [1.807, 2.05) is 30.3 Å². The highest BCUT2D eigenvalue weighted by Crippen LogP contribution is 2.24. The normalized spacial score (nSPS) is 10.4. The van der Waals surface area contributed by atoms with Crippen molar-refractivity contribution >= 4 is 11.5 Å². The first-order valence-electron chi connectivity index (χ1n) is 7.28. The highest BCUT2D eigenvalue weighted by atomic mass is 16.5. The van der Waals surface area contributed by atoms with Crippen LogP contribution in [0.25, 0.3) is 0 Å². The molecule has 5 nitrogen and oxygen atoms in total. The Morgan fingerprint density at radius 2 is 2.05 bits per heavy atom. The fraction of sp³-hybridized carbons (Fsp3) is 0.375. The van der Waals surface area contributed by atoms with Crippen molar-refractivity contribution in [2.24, 2.45) is 0 Å². The van der Waals surface area contributed by atoms with Gasteiger partial charge in [0.15, 0.2) is 0 Å². The first-order chi connectivity index (χ1) is 10.2. The van der Waals surface area contributed by atoms with E-state index in [1.54, 1.807) is 6.20 Å². The molecule has 2 rings (SSSR count). The van der Waals surface area contributed by atoms with Crippen LogP contribution in [0.5, 0.6) is 5.88 Å². The molecular weight excluding hydrogens is 264 g/mol. The lowest BCUT2D eigenvalue weighted by atomic mass is 10.3. The molecule has 0 saturated carbocycles. The van der Waals surface area contributed by atoms with Gasteiger partial charge in [0.2, 0.25) is 5.88 Å². The van der Waals surface area contributed by atoms with Crippen LogP contribution in [0.3, 0.4) is 0 Å². The maximum absolute atomic E-state index is 5.91. The Balaban J connectivity index is 2.17. The van der Waals surface area contributed by atoms with Crippen LogP contribution in [0.1, 0.15) is 26.0 Å². The summed E-state index contributed by atoms with van der Waals surface area (Å²) in [5.41, 5.74) is 7.48. The van der Waals surface area contributed by atoms with E-state index < -0.39 is 0 Å². The highest BCUT2D eigenvalue weighted by molar-refractivity contribution is 5.54. The van der Waals surface area contributed by atoms with Crippen molar-refractivity contribution in [3.8, 4) is 5.88 Å². The fourth-order valence-corrected chi connectivity index (χ4v) is 1.97. The highest BCUT2D eigenvalue weighted by Gasteiger charge is 2.11. The quantitative estimate of drug-likeness (QED) is 0.848. The third-order valence-electron chi connectivity index (χ3n) is 3.10. The number of hydrogen-bond acceptors (Lipinski definition) is 5. The zero-order valence-corrected chi connectivity index (χ0v) is 12.6. The molecule has 2 N–H and O–H groups in total. The number of hydrogen-bond donors (Lipinski definition) is 1. The van der Waals surface area contributed by atoms with E-state index in [1.165, 1.54) is 0 Å². The topological polar surface area (TPSA) is 64.3 Å². The molecule has 0 aliphatic carbocycles. The van der Waals surface area contributed by atoms with Gasteiger partial charge in [0.25, 0.3) is 0 Å². The summed E-state index contributed by atoms with van der Waals surface area (Å²) >= 11 is 0.